The monoisotopic (exact) mass is 302 g/mol. The van der Waals surface area contributed by atoms with Gasteiger partial charge >= 0.3 is 11.9 Å². The Morgan fingerprint density at radius 3 is 2.41 bits per heavy atom. The Bertz CT molecular complexity index is 575. The van der Waals surface area contributed by atoms with Crippen molar-refractivity contribution in [1.82, 2.24) is 0 Å². The lowest BCUT2D eigenvalue weighted by Crippen LogP contribution is -2.44. The summed E-state index contributed by atoms with van der Waals surface area (Å²) >= 11 is 0. The van der Waals surface area contributed by atoms with Gasteiger partial charge in [-0.25, -0.2) is 0 Å². The van der Waals surface area contributed by atoms with Crippen LogP contribution >= 0.6 is 0 Å². The highest BCUT2D eigenvalue weighted by molar-refractivity contribution is 6.02. The van der Waals surface area contributed by atoms with Crippen molar-refractivity contribution in [2.75, 3.05) is 13.2 Å². The number of carbonyl (C=O) groups excluding carboxylic acids is 2. The molecule has 0 N–H and O–H groups in total. The average molecular weight is 302 g/mol. The molecule has 0 aromatic heterocycles. The van der Waals surface area contributed by atoms with Gasteiger partial charge in [0, 0.05) is 5.92 Å². The van der Waals surface area contributed by atoms with Crippen LogP contribution in [-0.4, -0.2) is 25.2 Å². The maximum absolute atomic E-state index is 12.7. The lowest BCUT2D eigenvalue weighted by atomic mass is 9.73. The van der Waals surface area contributed by atoms with Gasteiger partial charge in [0.2, 0.25) is 0 Å². The first kappa shape index (κ1) is 15.1. The number of fused-ring (bicyclic) bond motifs is 4. The van der Waals surface area contributed by atoms with Crippen LogP contribution in [0.2, 0.25) is 0 Å². The summed E-state index contributed by atoms with van der Waals surface area (Å²) < 4.78 is 10.6. The summed E-state index contributed by atoms with van der Waals surface area (Å²) in [6.07, 6.45) is 2.31. The van der Waals surface area contributed by atoms with E-state index in [0.717, 1.165) is 18.4 Å². The van der Waals surface area contributed by atoms with Crippen LogP contribution in [0.25, 0.3) is 0 Å². The third kappa shape index (κ3) is 2.13. The minimum atomic E-state index is -1.16. The van der Waals surface area contributed by atoms with Crippen LogP contribution < -0.4 is 0 Å². The average Bonchev–Trinajstić information content (AvgIpc) is 2.83. The fourth-order valence-electron chi connectivity index (χ4n) is 4.19. The van der Waals surface area contributed by atoms with E-state index in [1.54, 1.807) is 13.8 Å². The topological polar surface area (TPSA) is 52.6 Å². The first-order valence-electron chi connectivity index (χ1n) is 8.05. The van der Waals surface area contributed by atoms with Crippen LogP contribution in [0, 0.1) is 11.3 Å². The van der Waals surface area contributed by atoms with E-state index in [4.69, 9.17) is 9.47 Å². The van der Waals surface area contributed by atoms with Crippen molar-refractivity contribution in [3.63, 3.8) is 0 Å². The van der Waals surface area contributed by atoms with Gasteiger partial charge in [0.15, 0.2) is 5.41 Å². The molecule has 1 saturated carbocycles. The summed E-state index contributed by atoms with van der Waals surface area (Å²) in [5.74, 6) is -0.621. The molecule has 0 radical (unpaired) electrons. The lowest BCUT2D eigenvalue weighted by Gasteiger charge is -2.32. The molecule has 2 aliphatic rings. The number of carbonyl (C=O) groups is 2. The molecule has 3 rings (SSSR count). The number of hydrogen-bond acceptors (Lipinski definition) is 4. The molecule has 2 bridgehead atoms. The summed E-state index contributed by atoms with van der Waals surface area (Å²) in [5.41, 5.74) is 1.19. The molecule has 2 atom stereocenters. The third-order valence-corrected chi connectivity index (χ3v) is 4.99. The Morgan fingerprint density at radius 2 is 1.77 bits per heavy atom. The van der Waals surface area contributed by atoms with Crippen LogP contribution in [0.15, 0.2) is 24.3 Å². The summed E-state index contributed by atoms with van der Waals surface area (Å²) in [5, 5.41) is 0. The highest BCUT2D eigenvalue weighted by Crippen LogP contribution is 2.58. The molecule has 2 aliphatic carbocycles. The standard InChI is InChI=1S/C18H22O4/c1-3-21-16(19)18(17(20)22-4-2)11-12-9-13-7-5-6-8-14(13)15(18)10-12/h5-8,12,15H,3-4,9-11H2,1-2H3/t12-,15-/m0/s1. The van der Waals surface area contributed by atoms with E-state index in [1.165, 1.54) is 5.56 Å². The van der Waals surface area contributed by atoms with E-state index < -0.39 is 17.4 Å². The number of rotatable bonds is 4. The molecule has 0 spiro atoms. The Hall–Kier alpha value is -1.84. The molecular formula is C18H22O4. The minimum absolute atomic E-state index is 0.124. The zero-order chi connectivity index (χ0) is 15.7. The van der Waals surface area contributed by atoms with Crippen LogP contribution in [0.3, 0.4) is 0 Å². The summed E-state index contributed by atoms with van der Waals surface area (Å²) in [4.78, 5) is 25.4. The Balaban J connectivity index is 2.07. The molecule has 0 aliphatic heterocycles. The molecule has 4 heteroatoms. The van der Waals surface area contributed by atoms with E-state index in [9.17, 15) is 9.59 Å². The molecule has 0 amide bonds. The number of ether oxygens (including phenoxy) is 2. The van der Waals surface area contributed by atoms with Crippen molar-refractivity contribution in [3.05, 3.63) is 35.4 Å². The van der Waals surface area contributed by atoms with Crippen molar-refractivity contribution < 1.29 is 19.1 Å². The van der Waals surface area contributed by atoms with Crippen molar-refractivity contribution in [2.24, 2.45) is 11.3 Å². The second-order valence-corrected chi connectivity index (χ2v) is 6.17. The molecular weight excluding hydrogens is 280 g/mol. The molecule has 118 valence electrons. The zero-order valence-corrected chi connectivity index (χ0v) is 13.1. The molecule has 1 aromatic rings. The zero-order valence-electron chi connectivity index (χ0n) is 13.1. The highest BCUT2D eigenvalue weighted by atomic mass is 16.6. The molecule has 0 heterocycles. The fourth-order valence-corrected chi connectivity index (χ4v) is 4.19. The van der Waals surface area contributed by atoms with Gasteiger partial charge in [-0.15, -0.1) is 0 Å². The molecule has 1 aromatic carbocycles. The van der Waals surface area contributed by atoms with Gasteiger partial charge in [0.1, 0.15) is 0 Å². The van der Waals surface area contributed by atoms with Gasteiger partial charge < -0.3 is 9.47 Å². The lowest BCUT2D eigenvalue weighted by molar-refractivity contribution is -0.173. The predicted molar refractivity (Wildman–Crippen MR) is 81.3 cm³/mol. The van der Waals surface area contributed by atoms with Gasteiger partial charge in [-0.3, -0.25) is 9.59 Å². The maximum atomic E-state index is 12.7. The van der Waals surface area contributed by atoms with Gasteiger partial charge in [0.05, 0.1) is 13.2 Å². The van der Waals surface area contributed by atoms with Crippen molar-refractivity contribution in [2.45, 2.75) is 39.0 Å². The third-order valence-electron chi connectivity index (χ3n) is 4.99. The molecule has 4 nitrogen and oxygen atoms in total. The van der Waals surface area contributed by atoms with E-state index in [-0.39, 0.29) is 19.1 Å². The van der Waals surface area contributed by atoms with Gasteiger partial charge in [0.25, 0.3) is 0 Å². The summed E-state index contributed by atoms with van der Waals surface area (Å²) in [6, 6.07) is 8.12. The molecule has 0 unspecified atom stereocenters. The summed E-state index contributed by atoms with van der Waals surface area (Å²) in [7, 11) is 0. The summed E-state index contributed by atoms with van der Waals surface area (Å²) in [6.45, 7) is 4.09. The van der Waals surface area contributed by atoms with E-state index in [1.807, 2.05) is 18.2 Å². The molecule has 22 heavy (non-hydrogen) atoms. The highest BCUT2D eigenvalue weighted by Gasteiger charge is 2.62. The van der Waals surface area contributed by atoms with Gasteiger partial charge in [-0.05, 0) is 50.2 Å². The first-order valence-corrected chi connectivity index (χ1v) is 8.05. The van der Waals surface area contributed by atoms with Crippen molar-refractivity contribution in [1.29, 1.82) is 0 Å². The number of benzene rings is 1. The predicted octanol–water partition coefficient (Wildman–Crippen LogP) is 2.85. The van der Waals surface area contributed by atoms with E-state index in [0.29, 0.717) is 12.3 Å². The van der Waals surface area contributed by atoms with Crippen molar-refractivity contribution >= 4 is 11.9 Å². The first-order chi connectivity index (χ1) is 10.6. The maximum Gasteiger partial charge on any atom is 0.324 e. The number of esters is 2. The Labute approximate surface area is 130 Å². The number of hydrogen-bond donors (Lipinski definition) is 0. The van der Waals surface area contributed by atoms with Crippen LogP contribution in [0.4, 0.5) is 0 Å². The smallest absolute Gasteiger partial charge is 0.324 e. The van der Waals surface area contributed by atoms with Crippen LogP contribution in [-0.2, 0) is 25.5 Å². The quantitative estimate of drug-likeness (QED) is 0.634. The van der Waals surface area contributed by atoms with E-state index in [2.05, 4.69) is 6.07 Å². The second-order valence-electron chi connectivity index (χ2n) is 6.17. The Morgan fingerprint density at radius 1 is 1.14 bits per heavy atom. The van der Waals surface area contributed by atoms with E-state index >= 15 is 0 Å². The largest absolute Gasteiger partial charge is 0.465 e. The normalized spacial score (nSPS) is 24.5. The van der Waals surface area contributed by atoms with Gasteiger partial charge in [-0.1, -0.05) is 24.3 Å². The SMILES string of the molecule is CCOC(=O)C1(C(=O)OCC)C[C@H]2Cc3ccccc3[C@@H]1C2. The van der Waals surface area contributed by atoms with Gasteiger partial charge in [-0.2, -0.15) is 0 Å². The fraction of sp³-hybridized carbons (Fsp3) is 0.556. The second kappa shape index (κ2) is 5.75. The van der Waals surface area contributed by atoms with Crippen molar-refractivity contribution in [3.8, 4) is 0 Å². The Kier molecular flexibility index (Phi) is 3.94. The van der Waals surface area contributed by atoms with Crippen LogP contribution in [0.5, 0.6) is 0 Å². The molecule has 1 fully saturated rings. The minimum Gasteiger partial charge on any atom is -0.465 e. The molecule has 0 saturated heterocycles. The van der Waals surface area contributed by atoms with Crippen LogP contribution in [0.1, 0.15) is 43.7 Å².